The summed E-state index contributed by atoms with van der Waals surface area (Å²) in [5.41, 5.74) is 3.56. The molecule has 3 heteroatoms. The number of aromatic nitrogens is 2. The van der Waals surface area contributed by atoms with Crippen LogP contribution < -0.4 is 5.32 Å². The predicted molar refractivity (Wildman–Crippen MR) is 67.2 cm³/mol. The van der Waals surface area contributed by atoms with Crippen LogP contribution in [0.15, 0.2) is 30.5 Å². The lowest BCUT2D eigenvalue weighted by Gasteiger charge is -2.11. The van der Waals surface area contributed by atoms with Crippen molar-refractivity contribution in [2.45, 2.75) is 20.3 Å². The Bertz CT molecular complexity index is 486. The second-order valence-corrected chi connectivity index (χ2v) is 3.81. The molecule has 0 bridgehead atoms. The van der Waals surface area contributed by atoms with Gasteiger partial charge in [-0.25, -0.2) is 4.98 Å². The monoisotopic (exact) mass is 215 g/mol. The zero-order valence-corrected chi connectivity index (χ0v) is 9.99. The summed E-state index contributed by atoms with van der Waals surface area (Å²) in [5, 5.41) is 3.12. The van der Waals surface area contributed by atoms with Crippen LogP contribution in [0.2, 0.25) is 0 Å². The lowest BCUT2D eigenvalue weighted by atomic mass is 10.1. The maximum Gasteiger partial charge on any atom is 0.207 e. The lowest BCUT2D eigenvalue weighted by Crippen LogP contribution is -2.03. The number of aryl methyl sites for hydroxylation is 2. The minimum atomic E-state index is 0.887. The van der Waals surface area contributed by atoms with Crippen molar-refractivity contribution in [1.29, 1.82) is 0 Å². The van der Waals surface area contributed by atoms with Crippen LogP contribution in [0.1, 0.15) is 18.2 Å². The smallest absolute Gasteiger partial charge is 0.207 e. The molecule has 1 aromatic heterocycles. The molecule has 0 atom stereocenters. The maximum absolute atomic E-state index is 4.43. The van der Waals surface area contributed by atoms with E-state index in [4.69, 9.17) is 0 Å². The molecule has 0 saturated carbocycles. The van der Waals surface area contributed by atoms with Gasteiger partial charge in [0.25, 0.3) is 0 Å². The number of benzene rings is 1. The van der Waals surface area contributed by atoms with E-state index in [1.165, 1.54) is 11.3 Å². The van der Waals surface area contributed by atoms with E-state index >= 15 is 0 Å². The minimum absolute atomic E-state index is 0.887. The molecule has 0 unspecified atom stereocenters. The molecule has 2 rings (SSSR count). The van der Waals surface area contributed by atoms with Gasteiger partial charge in [0.15, 0.2) is 0 Å². The lowest BCUT2D eigenvalue weighted by molar-refractivity contribution is 1.00. The van der Waals surface area contributed by atoms with E-state index in [-0.39, 0.29) is 0 Å². The van der Waals surface area contributed by atoms with E-state index in [2.05, 4.69) is 52.3 Å². The van der Waals surface area contributed by atoms with Crippen molar-refractivity contribution in [1.82, 2.24) is 9.55 Å². The van der Waals surface area contributed by atoms with E-state index in [0.717, 1.165) is 18.1 Å². The fourth-order valence-corrected chi connectivity index (χ4v) is 1.90. The van der Waals surface area contributed by atoms with E-state index in [1.54, 1.807) is 0 Å². The van der Waals surface area contributed by atoms with E-state index < -0.39 is 0 Å². The third-order valence-electron chi connectivity index (χ3n) is 2.68. The third-order valence-corrected chi connectivity index (χ3v) is 2.68. The van der Waals surface area contributed by atoms with Gasteiger partial charge in [-0.2, -0.15) is 0 Å². The van der Waals surface area contributed by atoms with Crippen LogP contribution in [0.4, 0.5) is 5.95 Å². The molecular formula is C13H17N3. The van der Waals surface area contributed by atoms with Gasteiger partial charge < -0.3 is 5.32 Å². The highest BCUT2D eigenvalue weighted by molar-refractivity contribution is 5.47. The Hall–Kier alpha value is -1.77. The largest absolute Gasteiger partial charge is 0.358 e. The molecule has 16 heavy (non-hydrogen) atoms. The molecule has 0 aliphatic rings. The van der Waals surface area contributed by atoms with Gasteiger partial charge in [0.05, 0.1) is 11.4 Å². The van der Waals surface area contributed by atoms with Gasteiger partial charge >= 0.3 is 0 Å². The zero-order chi connectivity index (χ0) is 11.5. The summed E-state index contributed by atoms with van der Waals surface area (Å²) in [6.45, 7) is 4.17. The molecule has 0 radical (unpaired) electrons. The van der Waals surface area contributed by atoms with Crippen LogP contribution in [0.3, 0.4) is 0 Å². The number of nitrogens with one attached hydrogen (secondary N) is 1. The highest BCUT2D eigenvalue weighted by Gasteiger charge is 2.08. The van der Waals surface area contributed by atoms with Gasteiger partial charge in [0.2, 0.25) is 5.95 Å². The van der Waals surface area contributed by atoms with Gasteiger partial charge in [0.1, 0.15) is 0 Å². The van der Waals surface area contributed by atoms with Gasteiger partial charge in [-0.3, -0.25) is 4.57 Å². The number of nitrogens with zero attached hydrogens (tertiary/aromatic N) is 2. The highest BCUT2D eigenvalue weighted by Crippen LogP contribution is 2.20. The summed E-state index contributed by atoms with van der Waals surface area (Å²) >= 11 is 0. The van der Waals surface area contributed by atoms with Crippen LogP contribution in [-0.4, -0.2) is 16.6 Å². The van der Waals surface area contributed by atoms with Crippen LogP contribution in [0.25, 0.3) is 5.69 Å². The van der Waals surface area contributed by atoms with Gasteiger partial charge in [0, 0.05) is 13.2 Å². The zero-order valence-electron chi connectivity index (χ0n) is 9.99. The van der Waals surface area contributed by atoms with Crippen molar-refractivity contribution < 1.29 is 0 Å². The Labute approximate surface area is 96.1 Å². The number of imidazole rings is 1. The standard InChI is InChI=1S/C13H17N3/c1-4-11-7-5-6-8-12(11)16-9-10(2)15-13(16)14-3/h5-9H,4H2,1-3H3,(H,14,15). The molecule has 0 aliphatic carbocycles. The number of anilines is 1. The fourth-order valence-electron chi connectivity index (χ4n) is 1.90. The predicted octanol–water partition coefficient (Wildman–Crippen LogP) is 2.78. The average molecular weight is 215 g/mol. The van der Waals surface area contributed by atoms with E-state index in [1.807, 2.05) is 14.0 Å². The maximum atomic E-state index is 4.43. The molecule has 0 fully saturated rings. The first-order chi connectivity index (χ1) is 7.76. The van der Waals surface area contributed by atoms with Gasteiger partial charge in [-0.05, 0) is 25.0 Å². The highest BCUT2D eigenvalue weighted by atomic mass is 15.2. The summed E-state index contributed by atoms with van der Waals surface area (Å²) in [4.78, 5) is 4.43. The van der Waals surface area contributed by atoms with Crippen molar-refractivity contribution in [3.05, 3.63) is 41.7 Å². The minimum Gasteiger partial charge on any atom is -0.358 e. The molecule has 0 saturated heterocycles. The SMILES string of the molecule is CCc1ccccc1-n1cc(C)nc1NC. The Balaban J connectivity index is 2.57. The molecular weight excluding hydrogens is 198 g/mol. The Morgan fingerprint density at radius 3 is 2.75 bits per heavy atom. The van der Waals surface area contributed by atoms with Crippen molar-refractivity contribution >= 4 is 5.95 Å². The fraction of sp³-hybridized carbons (Fsp3) is 0.308. The first kappa shape index (κ1) is 10.7. The van der Waals surface area contributed by atoms with Crippen molar-refractivity contribution in [2.24, 2.45) is 0 Å². The summed E-state index contributed by atoms with van der Waals surface area (Å²) in [5.74, 6) is 0.887. The van der Waals surface area contributed by atoms with Gasteiger partial charge in [-0.15, -0.1) is 0 Å². The second kappa shape index (κ2) is 4.39. The molecule has 0 aliphatic heterocycles. The number of para-hydroxylation sites is 1. The van der Waals surface area contributed by atoms with Crippen LogP contribution in [0.5, 0.6) is 0 Å². The first-order valence-electron chi connectivity index (χ1n) is 5.58. The Morgan fingerprint density at radius 2 is 2.06 bits per heavy atom. The molecule has 84 valence electrons. The van der Waals surface area contributed by atoms with Crippen molar-refractivity contribution in [3.8, 4) is 5.69 Å². The summed E-state index contributed by atoms with van der Waals surface area (Å²) in [6, 6.07) is 8.42. The Kier molecular flexibility index (Phi) is 2.95. The first-order valence-corrected chi connectivity index (χ1v) is 5.58. The van der Waals surface area contributed by atoms with Crippen LogP contribution in [0, 0.1) is 6.92 Å². The summed E-state index contributed by atoms with van der Waals surface area (Å²) in [7, 11) is 1.90. The number of rotatable bonds is 3. The molecule has 0 spiro atoms. The average Bonchev–Trinajstić information content (AvgIpc) is 2.70. The van der Waals surface area contributed by atoms with E-state index in [9.17, 15) is 0 Å². The molecule has 3 nitrogen and oxygen atoms in total. The molecule has 1 heterocycles. The Morgan fingerprint density at radius 1 is 1.31 bits per heavy atom. The van der Waals surface area contributed by atoms with Crippen molar-refractivity contribution in [2.75, 3.05) is 12.4 Å². The molecule has 1 aromatic carbocycles. The third kappa shape index (κ3) is 1.81. The van der Waals surface area contributed by atoms with Crippen molar-refractivity contribution in [3.63, 3.8) is 0 Å². The summed E-state index contributed by atoms with van der Waals surface area (Å²) in [6.07, 6.45) is 3.08. The van der Waals surface area contributed by atoms with E-state index in [0.29, 0.717) is 0 Å². The number of hydrogen-bond acceptors (Lipinski definition) is 2. The van der Waals surface area contributed by atoms with Gasteiger partial charge in [-0.1, -0.05) is 25.1 Å². The van der Waals surface area contributed by atoms with Crippen LogP contribution >= 0.6 is 0 Å². The second-order valence-electron chi connectivity index (χ2n) is 3.81. The number of hydrogen-bond donors (Lipinski definition) is 1. The topological polar surface area (TPSA) is 29.9 Å². The van der Waals surface area contributed by atoms with Crippen LogP contribution in [-0.2, 0) is 6.42 Å². The quantitative estimate of drug-likeness (QED) is 0.853. The normalized spacial score (nSPS) is 10.4. The summed E-state index contributed by atoms with van der Waals surface area (Å²) < 4.78 is 2.11. The molecule has 0 amide bonds. The molecule has 2 aromatic rings. The molecule has 1 N–H and O–H groups in total.